The molecule has 0 radical (unpaired) electrons. The summed E-state index contributed by atoms with van der Waals surface area (Å²) in [6.45, 7) is 0. The van der Waals surface area contributed by atoms with Crippen LogP contribution in [0.3, 0.4) is 0 Å². The first-order valence-electron chi connectivity index (χ1n) is 5.54. The van der Waals surface area contributed by atoms with E-state index in [-0.39, 0.29) is 28.1 Å². The Kier molecular flexibility index (Phi) is 4.03. The molecule has 4 N–H and O–H groups in total. The van der Waals surface area contributed by atoms with E-state index in [9.17, 15) is 13.2 Å². The number of nitrogens with zero attached hydrogens (tertiary/aromatic N) is 2. The molecule has 0 aliphatic carbocycles. The SMILES string of the molecule is Nc1cc(N)nc(SCc2ccccc2C(F)(F)F)n1. The number of hydrogen-bond donors (Lipinski definition) is 2. The Labute approximate surface area is 117 Å². The van der Waals surface area contributed by atoms with Gasteiger partial charge < -0.3 is 11.5 Å². The molecule has 0 aliphatic heterocycles. The number of benzene rings is 1. The summed E-state index contributed by atoms with van der Waals surface area (Å²) >= 11 is 1.05. The summed E-state index contributed by atoms with van der Waals surface area (Å²) in [6.07, 6.45) is -4.38. The third-order valence-corrected chi connectivity index (χ3v) is 3.32. The van der Waals surface area contributed by atoms with Crippen LogP contribution in [-0.2, 0) is 11.9 Å². The summed E-state index contributed by atoms with van der Waals surface area (Å²) in [7, 11) is 0. The van der Waals surface area contributed by atoms with E-state index in [1.54, 1.807) is 6.07 Å². The van der Waals surface area contributed by atoms with Gasteiger partial charge in [-0.15, -0.1) is 0 Å². The first-order valence-corrected chi connectivity index (χ1v) is 6.53. The maximum Gasteiger partial charge on any atom is 0.416 e. The van der Waals surface area contributed by atoms with Crippen LogP contribution in [-0.4, -0.2) is 9.97 Å². The molecule has 106 valence electrons. The predicted octanol–water partition coefficient (Wildman–Crippen LogP) is 2.95. The van der Waals surface area contributed by atoms with Crippen molar-refractivity contribution in [2.45, 2.75) is 17.1 Å². The first-order chi connectivity index (χ1) is 9.36. The summed E-state index contributed by atoms with van der Waals surface area (Å²) in [4.78, 5) is 7.82. The van der Waals surface area contributed by atoms with Gasteiger partial charge in [0.15, 0.2) is 5.16 Å². The largest absolute Gasteiger partial charge is 0.416 e. The molecule has 2 aromatic rings. The Balaban J connectivity index is 2.19. The number of nitrogen functional groups attached to an aromatic ring is 2. The van der Waals surface area contributed by atoms with Crippen molar-refractivity contribution in [3.63, 3.8) is 0 Å². The van der Waals surface area contributed by atoms with Crippen LogP contribution in [0, 0.1) is 0 Å². The highest BCUT2D eigenvalue weighted by atomic mass is 32.2. The van der Waals surface area contributed by atoms with Gasteiger partial charge in [0.05, 0.1) is 5.56 Å². The van der Waals surface area contributed by atoms with Crippen molar-refractivity contribution in [3.8, 4) is 0 Å². The van der Waals surface area contributed by atoms with E-state index in [0.717, 1.165) is 17.8 Å². The molecule has 0 unspecified atom stereocenters. The van der Waals surface area contributed by atoms with Gasteiger partial charge in [-0.2, -0.15) is 13.2 Å². The number of aromatic nitrogens is 2. The fourth-order valence-electron chi connectivity index (χ4n) is 1.59. The Morgan fingerprint density at radius 1 is 1.05 bits per heavy atom. The highest BCUT2D eigenvalue weighted by Gasteiger charge is 2.32. The highest BCUT2D eigenvalue weighted by Crippen LogP contribution is 2.34. The monoisotopic (exact) mass is 300 g/mol. The van der Waals surface area contributed by atoms with E-state index in [1.807, 2.05) is 0 Å². The fourth-order valence-corrected chi connectivity index (χ4v) is 2.47. The Hall–Kier alpha value is -1.96. The van der Waals surface area contributed by atoms with Gasteiger partial charge in [0.2, 0.25) is 0 Å². The number of thioether (sulfide) groups is 1. The summed E-state index contributed by atoms with van der Waals surface area (Å²) in [5.41, 5.74) is 10.5. The standard InChI is InChI=1S/C12H11F3N4S/c13-12(14,15)8-4-2-1-3-7(8)6-20-11-18-9(16)5-10(17)19-11/h1-5H,6H2,(H4,16,17,18,19). The molecule has 0 spiro atoms. The molecule has 0 bridgehead atoms. The topological polar surface area (TPSA) is 77.8 Å². The van der Waals surface area contributed by atoms with Crippen molar-refractivity contribution >= 4 is 23.4 Å². The van der Waals surface area contributed by atoms with Crippen molar-refractivity contribution in [1.82, 2.24) is 9.97 Å². The molecular weight excluding hydrogens is 289 g/mol. The molecule has 4 nitrogen and oxygen atoms in total. The number of hydrogen-bond acceptors (Lipinski definition) is 5. The van der Waals surface area contributed by atoms with Crippen LogP contribution in [0.2, 0.25) is 0 Å². The molecule has 0 saturated heterocycles. The van der Waals surface area contributed by atoms with Gasteiger partial charge in [-0.25, -0.2) is 9.97 Å². The lowest BCUT2D eigenvalue weighted by Crippen LogP contribution is -2.08. The second-order valence-electron chi connectivity index (χ2n) is 3.94. The number of nitrogens with two attached hydrogens (primary N) is 2. The average molecular weight is 300 g/mol. The third-order valence-electron chi connectivity index (χ3n) is 2.42. The molecule has 0 atom stereocenters. The van der Waals surface area contributed by atoms with Crippen LogP contribution in [0.1, 0.15) is 11.1 Å². The van der Waals surface area contributed by atoms with Gasteiger partial charge in [0.25, 0.3) is 0 Å². The van der Waals surface area contributed by atoms with Crippen molar-refractivity contribution in [2.24, 2.45) is 0 Å². The maximum atomic E-state index is 12.8. The molecule has 8 heteroatoms. The smallest absolute Gasteiger partial charge is 0.383 e. The van der Waals surface area contributed by atoms with Crippen molar-refractivity contribution in [1.29, 1.82) is 0 Å². The van der Waals surface area contributed by atoms with Crippen LogP contribution in [0.5, 0.6) is 0 Å². The van der Waals surface area contributed by atoms with E-state index in [0.29, 0.717) is 0 Å². The molecule has 1 aromatic carbocycles. The number of halogens is 3. The number of alkyl halides is 3. The zero-order valence-corrected chi connectivity index (χ0v) is 11.0. The minimum atomic E-state index is -4.38. The van der Waals surface area contributed by atoms with Crippen molar-refractivity contribution < 1.29 is 13.2 Å². The van der Waals surface area contributed by atoms with Gasteiger partial charge in [0.1, 0.15) is 11.6 Å². The first kappa shape index (κ1) is 14.4. The lowest BCUT2D eigenvalue weighted by molar-refractivity contribution is -0.138. The second kappa shape index (κ2) is 5.58. The van der Waals surface area contributed by atoms with Crippen LogP contribution in [0.4, 0.5) is 24.8 Å². The molecular formula is C12H11F3N4S. The molecule has 0 saturated carbocycles. The normalized spacial score (nSPS) is 11.6. The molecule has 1 aromatic heterocycles. The number of rotatable bonds is 3. The van der Waals surface area contributed by atoms with E-state index in [2.05, 4.69) is 9.97 Å². The lowest BCUT2D eigenvalue weighted by atomic mass is 10.1. The average Bonchev–Trinajstić information content (AvgIpc) is 2.34. The van der Waals surface area contributed by atoms with Gasteiger partial charge in [-0.05, 0) is 11.6 Å². The quantitative estimate of drug-likeness (QED) is 0.673. The fraction of sp³-hybridized carbons (Fsp3) is 0.167. The van der Waals surface area contributed by atoms with Crippen molar-refractivity contribution in [2.75, 3.05) is 11.5 Å². The minimum Gasteiger partial charge on any atom is -0.383 e. The van der Waals surface area contributed by atoms with Crippen LogP contribution >= 0.6 is 11.8 Å². The third kappa shape index (κ3) is 3.53. The van der Waals surface area contributed by atoms with E-state index in [4.69, 9.17) is 11.5 Å². The Morgan fingerprint density at radius 2 is 1.65 bits per heavy atom. The van der Waals surface area contributed by atoms with Crippen molar-refractivity contribution in [3.05, 3.63) is 41.5 Å². The maximum absolute atomic E-state index is 12.8. The molecule has 0 amide bonds. The zero-order valence-electron chi connectivity index (χ0n) is 10.2. The molecule has 20 heavy (non-hydrogen) atoms. The van der Waals surface area contributed by atoms with Gasteiger partial charge in [-0.1, -0.05) is 30.0 Å². The van der Waals surface area contributed by atoms with Crippen LogP contribution < -0.4 is 11.5 Å². The van der Waals surface area contributed by atoms with E-state index >= 15 is 0 Å². The Bertz CT molecular complexity index is 596. The molecule has 0 aliphatic rings. The van der Waals surface area contributed by atoms with Gasteiger partial charge in [0, 0.05) is 11.8 Å². The van der Waals surface area contributed by atoms with E-state index < -0.39 is 11.7 Å². The molecule has 2 rings (SSSR count). The van der Waals surface area contributed by atoms with E-state index in [1.165, 1.54) is 18.2 Å². The molecule has 1 heterocycles. The summed E-state index contributed by atoms with van der Waals surface area (Å²) < 4.78 is 38.5. The summed E-state index contributed by atoms with van der Waals surface area (Å²) in [6, 6.07) is 6.76. The van der Waals surface area contributed by atoms with Crippen LogP contribution in [0.15, 0.2) is 35.5 Å². The Morgan fingerprint density at radius 3 is 2.25 bits per heavy atom. The van der Waals surface area contributed by atoms with Gasteiger partial charge >= 0.3 is 6.18 Å². The minimum absolute atomic E-state index is 0.0819. The molecule has 0 fully saturated rings. The predicted molar refractivity (Wildman–Crippen MR) is 71.9 cm³/mol. The second-order valence-corrected chi connectivity index (χ2v) is 4.89. The zero-order chi connectivity index (χ0) is 14.8. The summed E-state index contributed by atoms with van der Waals surface area (Å²) in [5, 5.41) is 0.250. The number of anilines is 2. The highest BCUT2D eigenvalue weighted by molar-refractivity contribution is 7.98. The summed E-state index contributed by atoms with van der Waals surface area (Å²) in [5.74, 6) is 0.451. The lowest BCUT2D eigenvalue weighted by Gasteiger charge is -2.12. The van der Waals surface area contributed by atoms with Crippen LogP contribution in [0.25, 0.3) is 0 Å². The van der Waals surface area contributed by atoms with Gasteiger partial charge in [-0.3, -0.25) is 0 Å².